The maximum atomic E-state index is 13.9. The summed E-state index contributed by atoms with van der Waals surface area (Å²) in [6.07, 6.45) is 5.39. The first-order chi connectivity index (χ1) is 15.9. The molecule has 1 aliphatic rings. The average molecular weight is 524 g/mol. The highest BCUT2D eigenvalue weighted by atomic mass is 79.9. The predicted octanol–water partition coefficient (Wildman–Crippen LogP) is 4.38. The number of carbonyl (C=O) groups is 1. The smallest absolute Gasteiger partial charge is 0.268 e. The van der Waals surface area contributed by atoms with Crippen molar-refractivity contribution in [3.8, 4) is 0 Å². The Morgan fingerprint density at radius 1 is 1.12 bits per heavy atom. The summed E-state index contributed by atoms with van der Waals surface area (Å²) >= 11 is 3.32. The van der Waals surface area contributed by atoms with Crippen LogP contribution in [0, 0.1) is 11.6 Å². The van der Waals surface area contributed by atoms with Crippen LogP contribution in [0.3, 0.4) is 0 Å². The Morgan fingerprint density at radius 2 is 1.88 bits per heavy atom. The van der Waals surface area contributed by atoms with E-state index in [0.29, 0.717) is 43.4 Å². The van der Waals surface area contributed by atoms with Crippen LogP contribution in [0.5, 0.6) is 0 Å². The Balaban J connectivity index is 1.65. The van der Waals surface area contributed by atoms with Gasteiger partial charge < -0.3 is 19.1 Å². The molecule has 3 rings (SSSR count). The maximum absolute atomic E-state index is 13.9. The highest BCUT2D eigenvalue weighted by Crippen LogP contribution is 2.28. The monoisotopic (exact) mass is 523 g/mol. The summed E-state index contributed by atoms with van der Waals surface area (Å²) in [5.41, 5.74) is 2.20. The average Bonchev–Trinajstić information content (AvgIpc) is 2.90. The number of amides is 1. The first-order valence-corrected chi connectivity index (χ1v) is 11.0. The number of hydrogen-bond acceptors (Lipinski definition) is 6. The van der Waals surface area contributed by atoms with Crippen LogP contribution in [0.2, 0.25) is 0 Å². The molecule has 176 valence electrons. The van der Waals surface area contributed by atoms with E-state index < -0.39 is 11.6 Å². The van der Waals surface area contributed by atoms with Gasteiger partial charge >= 0.3 is 0 Å². The highest BCUT2D eigenvalue weighted by Gasteiger charge is 2.26. The van der Waals surface area contributed by atoms with Crippen LogP contribution >= 0.6 is 15.9 Å². The Hall–Kier alpha value is -2.69. The molecule has 7 nitrogen and oxygen atoms in total. The molecule has 0 radical (unpaired) electrons. The standard InChI is InChI=1S/C23H24BrF2N3O4/c1-15-3-6-21(33-13-16-4-5-17(25)9-20(16)26)22(24)23(30)29(15)12-18-10-28-19(11-27-18)14-32-8-7-31-2/h3-5,9-11H,6-8,12-14H2,1-2H3. The van der Waals surface area contributed by atoms with E-state index in [1.54, 1.807) is 24.4 Å². The third kappa shape index (κ3) is 6.89. The molecule has 0 atom stereocenters. The number of benzene rings is 1. The predicted molar refractivity (Wildman–Crippen MR) is 120 cm³/mol. The lowest BCUT2D eigenvalue weighted by Gasteiger charge is -2.21. The quantitative estimate of drug-likeness (QED) is 0.430. The number of carbonyl (C=O) groups excluding carboxylic acids is 1. The van der Waals surface area contributed by atoms with Gasteiger partial charge in [-0.15, -0.1) is 0 Å². The molecule has 0 bridgehead atoms. The largest absolute Gasteiger partial charge is 0.491 e. The molecule has 1 aromatic carbocycles. The molecule has 0 unspecified atom stereocenters. The van der Waals surface area contributed by atoms with Crippen molar-refractivity contribution in [2.75, 3.05) is 20.3 Å². The minimum atomic E-state index is -0.703. The van der Waals surface area contributed by atoms with Gasteiger partial charge in [0.1, 0.15) is 28.5 Å². The van der Waals surface area contributed by atoms with Crippen LogP contribution < -0.4 is 0 Å². The molecule has 33 heavy (non-hydrogen) atoms. The van der Waals surface area contributed by atoms with E-state index in [1.807, 2.05) is 13.0 Å². The first-order valence-electron chi connectivity index (χ1n) is 10.2. The Kier molecular flexibility index (Phi) is 9.04. The zero-order valence-electron chi connectivity index (χ0n) is 18.3. The lowest BCUT2D eigenvalue weighted by Crippen LogP contribution is -2.29. The molecule has 0 spiro atoms. The Morgan fingerprint density at radius 3 is 2.58 bits per heavy atom. The molecule has 1 amide bonds. The van der Waals surface area contributed by atoms with Gasteiger partial charge in [-0.3, -0.25) is 14.8 Å². The summed E-state index contributed by atoms with van der Waals surface area (Å²) in [6, 6.07) is 3.27. The lowest BCUT2D eigenvalue weighted by atomic mass is 10.2. The van der Waals surface area contributed by atoms with Gasteiger partial charge in [-0.05, 0) is 35.0 Å². The second kappa shape index (κ2) is 12.0. The van der Waals surface area contributed by atoms with E-state index >= 15 is 0 Å². The molecule has 0 N–H and O–H groups in total. The minimum absolute atomic E-state index is 0.129. The summed E-state index contributed by atoms with van der Waals surface area (Å²) in [5.74, 6) is -1.32. The third-order valence-corrected chi connectivity index (χ3v) is 5.65. The van der Waals surface area contributed by atoms with Crippen molar-refractivity contribution in [3.63, 3.8) is 0 Å². The van der Waals surface area contributed by atoms with Gasteiger partial charge in [-0.25, -0.2) is 8.78 Å². The maximum Gasteiger partial charge on any atom is 0.268 e. The molecule has 0 aliphatic carbocycles. The number of rotatable bonds is 10. The Bertz CT molecular complexity index is 1040. The number of halogens is 3. The van der Waals surface area contributed by atoms with Crippen LogP contribution in [0.4, 0.5) is 8.78 Å². The lowest BCUT2D eigenvalue weighted by molar-refractivity contribution is -0.125. The number of methoxy groups -OCH3 is 1. The number of hydrogen-bond donors (Lipinski definition) is 0. The topological polar surface area (TPSA) is 73.8 Å². The molecule has 2 heterocycles. The van der Waals surface area contributed by atoms with Crippen LogP contribution in [-0.4, -0.2) is 41.1 Å². The zero-order chi connectivity index (χ0) is 23.8. The number of nitrogens with zero attached hydrogens (tertiary/aromatic N) is 3. The fraction of sp³-hybridized carbons (Fsp3) is 0.348. The van der Waals surface area contributed by atoms with E-state index in [4.69, 9.17) is 14.2 Å². The third-order valence-electron chi connectivity index (χ3n) is 4.86. The van der Waals surface area contributed by atoms with E-state index in [9.17, 15) is 13.6 Å². The van der Waals surface area contributed by atoms with Gasteiger partial charge in [0.05, 0.1) is 50.1 Å². The fourth-order valence-electron chi connectivity index (χ4n) is 2.98. The van der Waals surface area contributed by atoms with Gasteiger partial charge in [-0.2, -0.15) is 0 Å². The molecule has 0 saturated carbocycles. The molecule has 2 aromatic rings. The van der Waals surface area contributed by atoms with E-state index in [0.717, 1.165) is 17.8 Å². The first kappa shape index (κ1) is 24.9. The van der Waals surface area contributed by atoms with E-state index in [1.165, 1.54) is 6.07 Å². The second-order valence-electron chi connectivity index (χ2n) is 7.25. The van der Waals surface area contributed by atoms with Crippen molar-refractivity contribution in [1.29, 1.82) is 0 Å². The van der Waals surface area contributed by atoms with Gasteiger partial charge in [-0.1, -0.05) is 6.08 Å². The van der Waals surface area contributed by atoms with Crippen LogP contribution in [0.15, 0.2) is 52.6 Å². The molecule has 0 saturated heterocycles. The van der Waals surface area contributed by atoms with Crippen molar-refractivity contribution in [1.82, 2.24) is 14.9 Å². The van der Waals surface area contributed by atoms with Crippen molar-refractivity contribution < 1.29 is 27.8 Å². The van der Waals surface area contributed by atoms with Crippen LogP contribution in [-0.2, 0) is 38.8 Å². The normalized spacial score (nSPS) is 14.4. The van der Waals surface area contributed by atoms with Crippen LogP contribution in [0.1, 0.15) is 30.3 Å². The minimum Gasteiger partial charge on any atom is -0.491 e. The molecule has 1 aliphatic heterocycles. The molecule has 1 aromatic heterocycles. The van der Waals surface area contributed by atoms with Crippen molar-refractivity contribution in [3.05, 3.63) is 81.2 Å². The van der Waals surface area contributed by atoms with Gasteiger partial charge in [0.25, 0.3) is 5.91 Å². The summed E-state index contributed by atoms with van der Waals surface area (Å²) in [5, 5.41) is 0. The van der Waals surface area contributed by atoms with Crippen molar-refractivity contribution in [2.45, 2.75) is 33.1 Å². The summed E-state index contributed by atoms with van der Waals surface area (Å²) in [6.45, 7) is 3.18. The van der Waals surface area contributed by atoms with Crippen molar-refractivity contribution >= 4 is 21.8 Å². The fourth-order valence-corrected chi connectivity index (χ4v) is 3.47. The number of ether oxygens (including phenoxy) is 3. The Labute approximate surface area is 199 Å². The van der Waals surface area contributed by atoms with Crippen molar-refractivity contribution in [2.24, 2.45) is 0 Å². The van der Waals surface area contributed by atoms with Gasteiger partial charge in [0.2, 0.25) is 0 Å². The summed E-state index contributed by atoms with van der Waals surface area (Å²) in [7, 11) is 1.60. The molecule has 10 heteroatoms. The van der Waals surface area contributed by atoms with E-state index in [-0.39, 0.29) is 29.1 Å². The van der Waals surface area contributed by atoms with Gasteiger partial charge in [0.15, 0.2) is 0 Å². The molecular weight excluding hydrogens is 500 g/mol. The molecular formula is C23H24BrF2N3O4. The summed E-state index contributed by atoms with van der Waals surface area (Å²) in [4.78, 5) is 23.3. The molecule has 0 fully saturated rings. The van der Waals surface area contributed by atoms with Crippen LogP contribution in [0.25, 0.3) is 0 Å². The highest BCUT2D eigenvalue weighted by molar-refractivity contribution is 9.12. The zero-order valence-corrected chi connectivity index (χ0v) is 19.9. The van der Waals surface area contributed by atoms with E-state index in [2.05, 4.69) is 25.9 Å². The number of aromatic nitrogens is 2. The summed E-state index contributed by atoms with van der Waals surface area (Å²) < 4.78 is 43.3. The SMILES string of the molecule is COCCOCc1cnc(CN2C(=O)C(Br)=C(OCc3ccc(F)cc3F)CC=C2C)cn1. The number of allylic oxidation sites excluding steroid dienone is 2. The second-order valence-corrected chi connectivity index (χ2v) is 8.04. The van der Waals surface area contributed by atoms with Gasteiger partial charge in [0, 0.05) is 30.9 Å².